The average molecular weight is 532 g/mol. The van der Waals surface area contributed by atoms with Gasteiger partial charge in [0.05, 0.1) is 52.9 Å². The highest BCUT2D eigenvalue weighted by Gasteiger charge is 2.33. The zero-order chi connectivity index (χ0) is 27.0. The van der Waals surface area contributed by atoms with Crippen molar-refractivity contribution >= 4 is 17.5 Å². The van der Waals surface area contributed by atoms with Gasteiger partial charge in [-0.1, -0.05) is 0 Å². The van der Waals surface area contributed by atoms with Gasteiger partial charge in [0.25, 0.3) is 0 Å². The summed E-state index contributed by atoms with van der Waals surface area (Å²) in [5, 5.41) is 18.3. The number of ether oxygens (including phenoxy) is 5. The maximum Gasteiger partial charge on any atom is 0.223 e. The van der Waals surface area contributed by atoms with E-state index in [1.807, 2.05) is 24.3 Å². The number of carbonyl (C=O) groups is 3. The first-order valence-electron chi connectivity index (χ1n) is 12.5. The quantitative estimate of drug-likeness (QED) is 0.210. The molecule has 206 valence electrons. The molecule has 3 rings (SSSR count). The summed E-state index contributed by atoms with van der Waals surface area (Å²) in [7, 11) is 0. The average Bonchev–Trinajstić information content (AvgIpc) is 3.23. The van der Waals surface area contributed by atoms with Crippen LogP contribution in [-0.2, 0) is 33.3 Å². The number of Topliss-reactive ketones (excluding diaryl/α,β-unsaturated/α-hetero) is 2. The Balaban J connectivity index is 1.08. The SMILES string of the molecule is Cc1nnc(-c2ccc(OCCOCCOCCOCCOCCC(=O)NC3C(=O)CCC3=O)cc2)nn1. The first-order valence-corrected chi connectivity index (χ1v) is 12.5. The molecule has 1 aliphatic rings. The number of nitrogens with one attached hydrogen (secondary N) is 1. The van der Waals surface area contributed by atoms with Gasteiger partial charge in [-0.15, -0.1) is 20.4 Å². The lowest BCUT2D eigenvalue weighted by molar-refractivity contribution is -0.131. The van der Waals surface area contributed by atoms with Crippen molar-refractivity contribution in [3.05, 3.63) is 30.1 Å². The van der Waals surface area contributed by atoms with E-state index in [0.29, 0.717) is 70.3 Å². The minimum atomic E-state index is -0.981. The molecule has 1 amide bonds. The number of ketones is 2. The van der Waals surface area contributed by atoms with Crippen LogP contribution in [0.3, 0.4) is 0 Å². The summed E-state index contributed by atoms with van der Waals surface area (Å²) in [5.41, 5.74) is 0.806. The number of aromatic nitrogens is 4. The van der Waals surface area contributed by atoms with E-state index in [1.54, 1.807) is 6.92 Å². The molecule has 38 heavy (non-hydrogen) atoms. The molecule has 1 aromatic heterocycles. The van der Waals surface area contributed by atoms with Crippen LogP contribution in [0.2, 0.25) is 0 Å². The van der Waals surface area contributed by atoms with Crippen LogP contribution in [0.25, 0.3) is 11.4 Å². The zero-order valence-electron chi connectivity index (χ0n) is 21.4. The number of aryl methyl sites for hydroxylation is 1. The number of carbonyl (C=O) groups excluding carboxylic acids is 3. The first-order chi connectivity index (χ1) is 18.5. The minimum Gasteiger partial charge on any atom is -0.491 e. The van der Waals surface area contributed by atoms with Crippen molar-refractivity contribution in [3.8, 4) is 17.1 Å². The number of rotatable bonds is 18. The highest BCUT2D eigenvalue weighted by Crippen LogP contribution is 2.18. The molecule has 1 saturated carbocycles. The van der Waals surface area contributed by atoms with Crippen molar-refractivity contribution in [1.82, 2.24) is 25.7 Å². The third-order valence-electron chi connectivity index (χ3n) is 5.34. The molecule has 13 nitrogen and oxygen atoms in total. The van der Waals surface area contributed by atoms with E-state index in [-0.39, 0.29) is 43.3 Å². The summed E-state index contributed by atoms with van der Waals surface area (Å²) in [5.74, 6) is 0.853. The molecule has 0 aliphatic heterocycles. The molecule has 1 fully saturated rings. The van der Waals surface area contributed by atoms with Crippen molar-refractivity contribution in [2.45, 2.75) is 32.2 Å². The molecule has 13 heteroatoms. The summed E-state index contributed by atoms with van der Waals surface area (Å²) in [6.45, 7) is 5.16. The van der Waals surface area contributed by atoms with Crippen LogP contribution in [0, 0.1) is 6.92 Å². The molecule has 0 bridgehead atoms. The van der Waals surface area contributed by atoms with Crippen LogP contribution in [0.5, 0.6) is 5.75 Å². The predicted octanol–water partition coefficient (Wildman–Crippen LogP) is 0.494. The van der Waals surface area contributed by atoms with E-state index in [0.717, 1.165) is 5.56 Å². The minimum absolute atomic E-state index is 0.0801. The number of benzene rings is 1. The summed E-state index contributed by atoms with van der Waals surface area (Å²) in [6.07, 6.45) is 0.475. The molecular weight excluding hydrogens is 498 g/mol. The van der Waals surface area contributed by atoms with Crippen molar-refractivity contribution in [1.29, 1.82) is 0 Å². The van der Waals surface area contributed by atoms with Crippen LogP contribution in [-0.4, -0.2) is 103 Å². The predicted molar refractivity (Wildman–Crippen MR) is 132 cm³/mol. The van der Waals surface area contributed by atoms with E-state index in [4.69, 9.17) is 23.7 Å². The second-order valence-electron chi connectivity index (χ2n) is 8.28. The molecule has 0 spiro atoms. The zero-order valence-corrected chi connectivity index (χ0v) is 21.4. The lowest BCUT2D eigenvalue weighted by Gasteiger charge is -2.10. The first kappa shape index (κ1) is 29.2. The van der Waals surface area contributed by atoms with E-state index in [2.05, 4.69) is 25.7 Å². The molecule has 1 aromatic carbocycles. The van der Waals surface area contributed by atoms with Crippen molar-refractivity contribution in [3.63, 3.8) is 0 Å². The lowest BCUT2D eigenvalue weighted by Crippen LogP contribution is -2.42. The molecule has 0 unspecified atom stereocenters. The number of hydrogen-bond acceptors (Lipinski definition) is 12. The Morgan fingerprint density at radius 3 is 1.82 bits per heavy atom. The highest BCUT2D eigenvalue weighted by atomic mass is 16.6. The van der Waals surface area contributed by atoms with Crippen molar-refractivity contribution < 1.29 is 38.1 Å². The second-order valence-corrected chi connectivity index (χ2v) is 8.28. The molecule has 0 atom stereocenters. The topological polar surface area (TPSA) is 161 Å². The summed E-state index contributed by atoms with van der Waals surface area (Å²) in [4.78, 5) is 34.8. The van der Waals surface area contributed by atoms with Crippen LogP contribution < -0.4 is 10.1 Å². The Kier molecular flexibility index (Phi) is 12.6. The Hall–Kier alpha value is -3.39. The van der Waals surface area contributed by atoms with Gasteiger partial charge in [-0.25, -0.2) is 0 Å². The fraction of sp³-hybridized carbons (Fsp3) is 0.560. The van der Waals surface area contributed by atoms with Gasteiger partial charge in [-0.05, 0) is 31.2 Å². The fourth-order valence-electron chi connectivity index (χ4n) is 3.35. The van der Waals surface area contributed by atoms with Gasteiger partial charge in [0.15, 0.2) is 17.4 Å². The van der Waals surface area contributed by atoms with Gasteiger partial charge in [0, 0.05) is 24.8 Å². The monoisotopic (exact) mass is 531 g/mol. The van der Waals surface area contributed by atoms with Crippen molar-refractivity contribution in [2.75, 3.05) is 59.5 Å². The lowest BCUT2D eigenvalue weighted by atomic mass is 10.2. The Morgan fingerprint density at radius 2 is 1.26 bits per heavy atom. The standard InChI is InChI=1S/C25H33N5O8/c1-18-27-29-25(30-28-18)19-2-4-20(5-3-19)38-17-16-37-15-14-36-13-12-35-11-10-34-9-8-23(33)26-24-21(31)6-7-22(24)32/h2-5,24H,6-17H2,1H3,(H,26,33). The van der Waals surface area contributed by atoms with E-state index >= 15 is 0 Å². The molecular formula is C25H33N5O8. The van der Waals surface area contributed by atoms with E-state index in [9.17, 15) is 14.4 Å². The maximum absolute atomic E-state index is 11.8. The molecule has 0 radical (unpaired) electrons. The third-order valence-corrected chi connectivity index (χ3v) is 5.34. The van der Waals surface area contributed by atoms with Gasteiger partial charge < -0.3 is 29.0 Å². The number of nitrogens with zero attached hydrogens (tertiary/aromatic N) is 4. The third kappa shape index (κ3) is 10.5. The molecule has 1 aliphatic carbocycles. The van der Waals surface area contributed by atoms with Gasteiger partial charge >= 0.3 is 0 Å². The van der Waals surface area contributed by atoms with E-state index in [1.165, 1.54) is 0 Å². The normalized spacial score (nSPS) is 13.7. The number of amides is 1. The molecule has 1 heterocycles. The summed E-state index contributed by atoms with van der Waals surface area (Å²) >= 11 is 0. The Morgan fingerprint density at radius 1 is 0.763 bits per heavy atom. The van der Waals surface area contributed by atoms with Gasteiger partial charge in [-0.2, -0.15) is 0 Å². The molecule has 0 saturated heterocycles. The Bertz CT molecular complexity index is 1000. The van der Waals surface area contributed by atoms with Gasteiger partial charge in [0.2, 0.25) is 11.7 Å². The molecule has 2 aromatic rings. The fourth-order valence-corrected chi connectivity index (χ4v) is 3.35. The highest BCUT2D eigenvalue weighted by molar-refractivity contribution is 6.14. The van der Waals surface area contributed by atoms with Crippen LogP contribution in [0.1, 0.15) is 25.1 Å². The summed E-state index contributed by atoms with van der Waals surface area (Å²) < 4.78 is 27.3. The van der Waals surface area contributed by atoms with Crippen molar-refractivity contribution in [2.24, 2.45) is 0 Å². The second kappa shape index (κ2) is 16.5. The van der Waals surface area contributed by atoms with Gasteiger partial charge in [-0.3, -0.25) is 14.4 Å². The van der Waals surface area contributed by atoms with Crippen LogP contribution in [0.4, 0.5) is 0 Å². The smallest absolute Gasteiger partial charge is 0.223 e. The summed E-state index contributed by atoms with van der Waals surface area (Å²) in [6, 6.07) is 6.36. The number of hydrogen-bond donors (Lipinski definition) is 1. The van der Waals surface area contributed by atoms with Gasteiger partial charge in [0.1, 0.15) is 18.4 Å². The van der Waals surface area contributed by atoms with E-state index < -0.39 is 6.04 Å². The largest absolute Gasteiger partial charge is 0.491 e. The molecule has 1 N–H and O–H groups in total. The van der Waals surface area contributed by atoms with Crippen LogP contribution >= 0.6 is 0 Å². The van der Waals surface area contributed by atoms with Crippen LogP contribution in [0.15, 0.2) is 24.3 Å². The maximum atomic E-state index is 11.8. The Labute approximate surface area is 220 Å².